The molecule has 1 atom stereocenters. The Labute approximate surface area is 123 Å². The zero-order valence-electron chi connectivity index (χ0n) is 11.3. The molecule has 2 N–H and O–H groups in total. The summed E-state index contributed by atoms with van der Waals surface area (Å²) in [6.07, 6.45) is 0.491. The minimum Gasteiger partial charge on any atom is -0.494 e. The van der Waals surface area contributed by atoms with Crippen LogP contribution in [0.4, 0.5) is 4.39 Å². The third kappa shape index (κ3) is 3.50. The van der Waals surface area contributed by atoms with Crippen LogP contribution in [0.5, 0.6) is 5.75 Å². The Kier molecular flexibility index (Phi) is 4.99. The van der Waals surface area contributed by atoms with Gasteiger partial charge in [-0.2, -0.15) is 0 Å². The SMILES string of the molecule is CCOc1ccc(C(N)Cc2cccc(F)c2Cl)cc1. The highest BCUT2D eigenvalue weighted by atomic mass is 35.5. The van der Waals surface area contributed by atoms with Crippen LogP contribution in [0.25, 0.3) is 0 Å². The molecule has 0 aromatic heterocycles. The van der Waals surface area contributed by atoms with Gasteiger partial charge in [0.1, 0.15) is 11.6 Å². The van der Waals surface area contributed by atoms with Crippen LogP contribution in [0.3, 0.4) is 0 Å². The van der Waals surface area contributed by atoms with Gasteiger partial charge in [0.15, 0.2) is 0 Å². The lowest BCUT2D eigenvalue weighted by atomic mass is 9.99. The maximum Gasteiger partial charge on any atom is 0.142 e. The first-order valence-electron chi connectivity index (χ1n) is 6.53. The molecule has 0 aliphatic carbocycles. The van der Waals surface area contributed by atoms with Crippen LogP contribution in [0.1, 0.15) is 24.1 Å². The lowest BCUT2D eigenvalue weighted by molar-refractivity contribution is 0.340. The Hall–Kier alpha value is -1.58. The van der Waals surface area contributed by atoms with Crippen molar-refractivity contribution in [3.63, 3.8) is 0 Å². The van der Waals surface area contributed by atoms with Crippen LogP contribution >= 0.6 is 11.6 Å². The molecule has 4 heteroatoms. The van der Waals surface area contributed by atoms with Gasteiger partial charge in [-0.25, -0.2) is 4.39 Å². The first kappa shape index (κ1) is 14.8. The molecule has 0 fully saturated rings. The van der Waals surface area contributed by atoms with Gasteiger partial charge in [-0.3, -0.25) is 0 Å². The molecule has 0 aliphatic heterocycles. The minimum absolute atomic E-state index is 0.147. The summed E-state index contributed by atoms with van der Waals surface area (Å²) in [5.74, 6) is 0.398. The monoisotopic (exact) mass is 293 g/mol. The van der Waals surface area contributed by atoms with Crippen molar-refractivity contribution in [1.82, 2.24) is 0 Å². The quantitative estimate of drug-likeness (QED) is 0.900. The van der Waals surface area contributed by atoms with Crippen molar-refractivity contribution in [3.8, 4) is 5.75 Å². The zero-order chi connectivity index (χ0) is 14.5. The fraction of sp³-hybridized carbons (Fsp3) is 0.250. The van der Waals surface area contributed by atoms with Crippen molar-refractivity contribution < 1.29 is 9.13 Å². The maximum atomic E-state index is 13.4. The average molecular weight is 294 g/mol. The molecule has 2 aromatic carbocycles. The summed E-state index contributed by atoms with van der Waals surface area (Å²) < 4.78 is 18.8. The van der Waals surface area contributed by atoms with E-state index in [1.54, 1.807) is 12.1 Å². The molecule has 106 valence electrons. The van der Waals surface area contributed by atoms with Crippen LogP contribution in [0, 0.1) is 5.82 Å². The molecule has 20 heavy (non-hydrogen) atoms. The van der Waals surface area contributed by atoms with Gasteiger partial charge in [0.25, 0.3) is 0 Å². The first-order chi connectivity index (χ1) is 9.61. The summed E-state index contributed by atoms with van der Waals surface area (Å²) in [6, 6.07) is 12.1. The summed E-state index contributed by atoms with van der Waals surface area (Å²) in [6.45, 7) is 2.57. The highest BCUT2D eigenvalue weighted by molar-refractivity contribution is 6.31. The van der Waals surface area contributed by atoms with Crippen molar-refractivity contribution in [3.05, 3.63) is 64.4 Å². The van der Waals surface area contributed by atoms with E-state index in [9.17, 15) is 4.39 Å². The Morgan fingerprint density at radius 1 is 1.20 bits per heavy atom. The second-order valence-corrected chi connectivity index (χ2v) is 4.90. The largest absolute Gasteiger partial charge is 0.494 e. The highest BCUT2D eigenvalue weighted by Gasteiger charge is 2.12. The standard InChI is InChI=1S/C16H17ClFNO/c1-2-20-13-8-6-11(7-9-13)15(19)10-12-4-3-5-14(18)16(12)17/h3-9,15H,2,10,19H2,1H3. The first-order valence-corrected chi connectivity index (χ1v) is 6.91. The van der Waals surface area contributed by atoms with Gasteiger partial charge in [0.2, 0.25) is 0 Å². The third-order valence-electron chi connectivity index (χ3n) is 3.09. The molecule has 0 spiro atoms. The van der Waals surface area contributed by atoms with E-state index in [2.05, 4.69) is 0 Å². The number of rotatable bonds is 5. The molecular weight excluding hydrogens is 277 g/mol. The van der Waals surface area contributed by atoms with Gasteiger partial charge < -0.3 is 10.5 Å². The van der Waals surface area contributed by atoms with E-state index in [1.165, 1.54) is 6.07 Å². The van der Waals surface area contributed by atoms with E-state index in [-0.39, 0.29) is 11.1 Å². The Balaban J connectivity index is 2.11. The molecule has 0 radical (unpaired) electrons. The number of ether oxygens (including phenoxy) is 1. The third-order valence-corrected chi connectivity index (χ3v) is 3.51. The van der Waals surface area contributed by atoms with Crippen molar-refractivity contribution in [2.75, 3.05) is 6.61 Å². The normalized spacial score (nSPS) is 12.2. The molecule has 0 aliphatic rings. The lowest BCUT2D eigenvalue weighted by Crippen LogP contribution is -2.13. The fourth-order valence-electron chi connectivity index (χ4n) is 2.04. The van der Waals surface area contributed by atoms with Gasteiger partial charge in [-0.15, -0.1) is 0 Å². The molecule has 2 rings (SSSR count). The molecule has 0 heterocycles. The van der Waals surface area contributed by atoms with Crippen molar-refractivity contribution in [2.24, 2.45) is 5.73 Å². The van der Waals surface area contributed by atoms with Crippen molar-refractivity contribution in [1.29, 1.82) is 0 Å². The Bertz CT molecular complexity index is 571. The Morgan fingerprint density at radius 3 is 2.55 bits per heavy atom. The molecule has 0 bridgehead atoms. The van der Waals surface area contributed by atoms with Crippen LogP contribution in [0.2, 0.25) is 5.02 Å². The molecular formula is C16H17ClFNO. The zero-order valence-corrected chi connectivity index (χ0v) is 12.0. The summed E-state index contributed by atoms with van der Waals surface area (Å²) in [5.41, 5.74) is 7.83. The second kappa shape index (κ2) is 6.73. The van der Waals surface area contributed by atoms with E-state index in [0.29, 0.717) is 18.6 Å². The predicted octanol–water partition coefficient (Wildman–Crippen LogP) is 4.12. The topological polar surface area (TPSA) is 35.2 Å². The molecule has 2 nitrogen and oxygen atoms in total. The van der Waals surface area contributed by atoms with Crippen LogP contribution < -0.4 is 10.5 Å². The number of nitrogens with two attached hydrogens (primary N) is 1. The minimum atomic E-state index is -0.414. The molecule has 0 saturated heterocycles. The van der Waals surface area contributed by atoms with Gasteiger partial charge in [-0.05, 0) is 42.7 Å². The van der Waals surface area contributed by atoms with E-state index in [4.69, 9.17) is 22.1 Å². The van der Waals surface area contributed by atoms with Crippen LogP contribution in [-0.2, 0) is 6.42 Å². The smallest absolute Gasteiger partial charge is 0.142 e. The van der Waals surface area contributed by atoms with E-state index < -0.39 is 5.82 Å². The highest BCUT2D eigenvalue weighted by Crippen LogP contribution is 2.25. The summed E-state index contributed by atoms with van der Waals surface area (Å²) in [4.78, 5) is 0. The number of hydrogen-bond acceptors (Lipinski definition) is 2. The van der Waals surface area contributed by atoms with E-state index in [1.807, 2.05) is 31.2 Å². The van der Waals surface area contributed by atoms with Crippen LogP contribution in [-0.4, -0.2) is 6.61 Å². The second-order valence-electron chi connectivity index (χ2n) is 4.53. The van der Waals surface area contributed by atoms with Gasteiger partial charge >= 0.3 is 0 Å². The van der Waals surface area contributed by atoms with E-state index in [0.717, 1.165) is 11.3 Å². The average Bonchev–Trinajstić information content (AvgIpc) is 2.45. The number of hydrogen-bond donors (Lipinski definition) is 1. The predicted molar refractivity (Wildman–Crippen MR) is 79.7 cm³/mol. The Morgan fingerprint density at radius 2 is 1.90 bits per heavy atom. The summed E-state index contributed by atoms with van der Waals surface area (Å²) in [5, 5.41) is 0.147. The molecule has 0 amide bonds. The molecule has 1 unspecified atom stereocenters. The molecule has 2 aromatic rings. The van der Waals surface area contributed by atoms with Crippen molar-refractivity contribution in [2.45, 2.75) is 19.4 Å². The lowest BCUT2D eigenvalue weighted by Gasteiger charge is -2.14. The number of benzene rings is 2. The van der Waals surface area contributed by atoms with Gasteiger partial charge in [0, 0.05) is 6.04 Å². The van der Waals surface area contributed by atoms with Gasteiger partial charge in [-0.1, -0.05) is 35.9 Å². The summed E-state index contributed by atoms with van der Waals surface area (Å²) >= 11 is 5.94. The van der Waals surface area contributed by atoms with Gasteiger partial charge in [0.05, 0.1) is 11.6 Å². The van der Waals surface area contributed by atoms with E-state index >= 15 is 0 Å². The summed E-state index contributed by atoms with van der Waals surface area (Å²) in [7, 11) is 0. The molecule has 0 saturated carbocycles. The van der Waals surface area contributed by atoms with Crippen LogP contribution in [0.15, 0.2) is 42.5 Å². The number of halogens is 2. The maximum absolute atomic E-state index is 13.4. The van der Waals surface area contributed by atoms with Crippen molar-refractivity contribution >= 4 is 11.6 Å². The fourth-order valence-corrected chi connectivity index (χ4v) is 2.24.